The Bertz CT molecular complexity index is 986. The first-order valence-corrected chi connectivity index (χ1v) is 12.0. The normalized spacial score (nSPS) is 26.7. The van der Waals surface area contributed by atoms with Crippen molar-refractivity contribution in [2.45, 2.75) is 51.0 Å². The fourth-order valence-corrected chi connectivity index (χ4v) is 6.79. The van der Waals surface area contributed by atoms with E-state index in [1.807, 2.05) is 0 Å². The fraction of sp³-hybridized carbons (Fsp3) is 0.636. The lowest BCUT2D eigenvalue weighted by Gasteiger charge is -2.43. The number of amides is 1. The Morgan fingerprint density at radius 1 is 1.26 bits per heavy atom. The number of ether oxygens (including phenoxy) is 1. The lowest BCUT2D eigenvalue weighted by Crippen LogP contribution is -2.52. The molecule has 2 fully saturated rings. The Kier molecular flexibility index (Phi) is 6.14. The number of hydrogen-bond donors (Lipinski definition) is 2. The van der Waals surface area contributed by atoms with E-state index >= 15 is 0 Å². The molecule has 1 aromatic carbocycles. The third-order valence-corrected chi connectivity index (χ3v) is 9.17. The summed E-state index contributed by atoms with van der Waals surface area (Å²) >= 11 is 0. The molecule has 1 aromatic rings. The number of rotatable bonds is 7. The van der Waals surface area contributed by atoms with Crippen molar-refractivity contribution in [3.8, 4) is 0 Å². The molecule has 2 aliphatic carbocycles. The minimum absolute atomic E-state index is 0.0107. The SMILES string of the molecule is CNc1ccc(C(=O)NC2C3(C)CCC(C3)C2(C)C)cc1S(=O)(=O)N(C)CC(=O)OC. The second-order valence-corrected chi connectivity index (χ2v) is 11.6. The molecule has 0 heterocycles. The van der Waals surface area contributed by atoms with E-state index < -0.39 is 22.5 Å². The van der Waals surface area contributed by atoms with Crippen LogP contribution in [0.3, 0.4) is 0 Å². The van der Waals surface area contributed by atoms with Gasteiger partial charge in [0.05, 0.1) is 12.8 Å². The van der Waals surface area contributed by atoms with Gasteiger partial charge in [0.15, 0.2) is 0 Å². The molecule has 31 heavy (non-hydrogen) atoms. The number of nitrogens with zero attached hydrogens (tertiary/aromatic N) is 1. The second-order valence-electron chi connectivity index (χ2n) is 9.62. The third-order valence-electron chi connectivity index (χ3n) is 7.33. The molecule has 2 N–H and O–H groups in total. The summed E-state index contributed by atoms with van der Waals surface area (Å²) in [6.45, 7) is 6.21. The molecule has 0 radical (unpaired) electrons. The topological polar surface area (TPSA) is 105 Å². The largest absolute Gasteiger partial charge is 0.468 e. The summed E-state index contributed by atoms with van der Waals surface area (Å²) < 4.78 is 31.7. The summed E-state index contributed by atoms with van der Waals surface area (Å²) in [5, 5.41) is 6.05. The van der Waals surface area contributed by atoms with Gasteiger partial charge in [-0.2, -0.15) is 4.31 Å². The first kappa shape index (κ1) is 23.5. The van der Waals surface area contributed by atoms with Crippen LogP contribution in [0.25, 0.3) is 0 Å². The number of benzene rings is 1. The molecular formula is C22H33N3O5S. The zero-order valence-corrected chi connectivity index (χ0v) is 19.9. The summed E-state index contributed by atoms with van der Waals surface area (Å²) in [5.74, 6) is -0.378. The van der Waals surface area contributed by atoms with Crippen LogP contribution in [0.4, 0.5) is 5.69 Å². The number of carbonyl (C=O) groups excluding carboxylic acids is 2. The van der Waals surface area contributed by atoms with Gasteiger partial charge in [0.1, 0.15) is 11.4 Å². The van der Waals surface area contributed by atoms with Gasteiger partial charge in [-0.3, -0.25) is 9.59 Å². The summed E-state index contributed by atoms with van der Waals surface area (Å²) in [6.07, 6.45) is 3.37. The van der Waals surface area contributed by atoms with Crippen molar-refractivity contribution in [2.24, 2.45) is 16.7 Å². The average molecular weight is 452 g/mol. The summed E-state index contributed by atoms with van der Waals surface area (Å²) in [4.78, 5) is 24.7. The van der Waals surface area contributed by atoms with Crippen molar-refractivity contribution in [3.63, 3.8) is 0 Å². The van der Waals surface area contributed by atoms with Crippen molar-refractivity contribution in [3.05, 3.63) is 23.8 Å². The van der Waals surface area contributed by atoms with Crippen molar-refractivity contribution >= 4 is 27.6 Å². The molecule has 2 saturated carbocycles. The highest BCUT2D eigenvalue weighted by molar-refractivity contribution is 7.89. The van der Waals surface area contributed by atoms with Crippen LogP contribution in [0.15, 0.2) is 23.1 Å². The minimum Gasteiger partial charge on any atom is -0.468 e. The maximum atomic E-state index is 13.2. The van der Waals surface area contributed by atoms with E-state index in [-0.39, 0.29) is 33.2 Å². The van der Waals surface area contributed by atoms with Gasteiger partial charge >= 0.3 is 5.97 Å². The number of likely N-dealkylation sites (N-methyl/N-ethyl adjacent to an activating group) is 1. The molecule has 0 saturated heterocycles. The van der Waals surface area contributed by atoms with Crippen molar-refractivity contribution in [2.75, 3.05) is 33.1 Å². The first-order valence-electron chi connectivity index (χ1n) is 10.5. The number of anilines is 1. The van der Waals surface area contributed by atoms with Gasteiger partial charge in [0.25, 0.3) is 5.91 Å². The van der Waals surface area contributed by atoms with E-state index in [1.165, 1.54) is 26.6 Å². The van der Waals surface area contributed by atoms with E-state index in [9.17, 15) is 18.0 Å². The zero-order valence-electron chi connectivity index (χ0n) is 19.1. The Morgan fingerprint density at radius 2 is 1.94 bits per heavy atom. The maximum absolute atomic E-state index is 13.2. The molecule has 9 heteroatoms. The van der Waals surface area contributed by atoms with Crippen LogP contribution in [0, 0.1) is 16.7 Å². The van der Waals surface area contributed by atoms with Crippen molar-refractivity contribution in [1.82, 2.24) is 9.62 Å². The fourth-order valence-electron chi connectivity index (χ4n) is 5.46. The van der Waals surface area contributed by atoms with Gasteiger partial charge in [-0.05, 0) is 54.2 Å². The predicted molar refractivity (Wildman–Crippen MR) is 118 cm³/mol. The Balaban J connectivity index is 1.90. The van der Waals surface area contributed by atoms with Crippen LogP contribution in [0.1, 0.15) is 50.4 Å². The zero-order chi connectivity index (χ0) is 23.2. The number of fused-ring (bicyclic) bond motifs is 2. The third kappa shape index (κ3) is 4.05. The molecule has 1 amide bonds. The molecule has 172 valence electrons. The van der Waals surface area contributed by atoms with E-state index in [0.29, 0.717) is 11.6 Å². The van der Waals surface area contributed by atoms with Gasteiger partial charge in [0, 0.05) is 25.7 Å². The van der Waals surface area contributed by atoms with E-state index in [2.05, 4.69) is 36.1 Å². The van der Waals surface area contributed by atoms with Crippen LogP contribution in [-0.4, -0.2) is 58.4 Å². The molecule has 0 aliphatic heterocycles. The van der Waals surface area contributed by atoms with Gasteiger partial charge in [0.2, 0.25) is 10.0 Å². The van der Waals surface area contributed by atoms with Crippen LogP contribution < -0.4 is 10.6 Å². The van der Waals surface area contributed by atoms with Crippen LogP contribution in [0.2, 0.25) is 0 Å². The first-order chi connectivity index (χ1) is 14.4. The lowest BCUT2D eigenvalue weighted by atomic mass is 9.68. The van der Waals surface area contributed by atoms with E-state index in [0.717, 1.165) is 17.1 Å². The summed E-state index contributed by atoms with van der Waals surface area (Å²) in [5.41, 5.74) is 0.667. The van der Waals surface area contributed by atoms with Crippen molar-refractivity contribution < 1.29 is 22.7 Å². The number of hydrogen-bond acceptors (Lipinski definition) is 6. The van der Waals surface area contributed by atoms with E-state index in [4.69, 9.17) is 0 Å². The lowest BCUT2D eigenvalue weighted by molar-refractivity contribution is -0.140. The average Bonchev–Trinajstić information content (AvgIpc) is 3.21. The van der Waals surface area contributed by atoms with Gasteiger partial charge in [-0.15, -0.1) is 0 Å². The minimum atomic E-state index is -4.02. The Labute approximate surface area is 184 Å². The van der Waals surface area contributed by atoms with Crippen molar-refractivity contribution in [1.29, 1.82) is 0 Å². The molecule has 0 aromatic heterocycles. The maximum Gasteiger partial charge on any atom is 0.321 e. The number of sulfonamides is 1. The van der Waals surface area contributed by atoms with Crippen LogP contribution in [0.5, 0.6) is 0 Å². The molecule has 2 aliphatic rings. The summed E-state index contributed by atoms with van der Waals surface area (Å²) in [6, 6.07) is 4.58. The monoisotopic (exact) mass is 451 g/mol. The molecule has 3 atom stereocenters. The van der Waals surface area contributed by atoms with Gasteiger partial charge < -0.3 is 15.4 Å². The molecular weight excluding hydrogens is 418 g/mol. The quantitative estimate of drug-likeness (QED) is 0.617. The van der Waals surface area contributed by atoms with E-state index in [1.54, 1.807) is 19.2 Å². The molecule has 0 spiro atoms. The smallest absolute Gasteiger partial charge is 0.321 e. The number of methoxy groups -OCH3 is 1. The second kappa shape index (κ2) is 8.09. The highest BCUT2D eigenvalue weighted by Crippen LogP contribution is 2.62. The van der Waals surface area contributed by atoms with Crippen LogP contribution >= 0.6 is 0 Å². The summed E-state index contributed by atoms with van der Waals surface area (Å²) in [7, 11) is 0.0822. The number of nitrogens with one attached hydrogen (secondary N) is 2. The standard InChI is InChI=1S/C22H33N3O5S/c1-21(2)15-9-10-22(3,12-15)20(21)24-19(27)14-7-8-16(23-4)17(11-14)31(28,29)25(5)13-18(26)30-6/h7-8,11,15,20,23H,9-10,12-13H2,1-6H3,(H,24,27). The number of esters is 1. The van der Waals surface area contributed by atoms with Gasteiger partial charge in [-0.25, -0.2) is 8.42 Å². The Morgan fingerprint density at radius 3 is 2.48 bits per heavy atom. The molecule has 8 nitrogen and oxygen atoms in total. The molecule has 3 rings (SSSR count). The molecule has 3 unspecified atom stereocenters. The van der Waals surface area contributed by atoms with Crippen LogP contribution in [-0.2, 0) is 19.6 Å². The highest BCUT2D eigenvalue weighted by atomic mass is 32.2. The Hall–Kier alpha value is -2.13. The van der Waals surface area contributed by atoms with Gasteiger partial charge in [-0.1, -0.05) is 20.8 Å². The highest BCUT2D eigenvalue weighted by Gasteiger charge is 2.59. The number of carbonyl (C=O) groups is 2. The molecule has 2 bridgehead atoms. The predicted octanol–water partition coefficient (Wildman–Crippen LogP) is 2.47.